The lowest BCUT2D eigenvalue weighted by Gasteiger charge is -2.18. The first-order valence-electron chi connectivity index (χ1n) is 20.7. The fourth-order valence-electron chi connectivity index (χ4n) is 5.79. The van der Waals surface area contributed by atoms with Gasteiger partial charge in [-0.05, 0) is 32.1 Å². The third-order valence-corrected chi connectivity index (χ3v) is 9.99. The topological polar surface area (TPSA) is 169 Å². The van der Waals surface area contributed by atoms with Crippen molar-refractivity contribution >= 4 is 25.7 Å². The zero-order valence-corrected chi connectivity index (χ0v) is 33.8. The highest BCUT2D eigenvalue weighted by atomic mass is 31.2. The number of allylic oxidation sites excluding steroid dienone is 2. The van der Waals surface area contributed by atoms with Crippen LogP contribution in [-0.2, 0) is 32.7 Å². The number of rotatable bonds is 39. The fraction of sp³-hybridized carbons (Fsp3) is 0.875. The second kappa shape index (κ2) is 36.2. The molecule has 0 rings (SSSR count). The van der Waals surface area contributed by atoms with Gasteiger partial charge in [0, 0.05) is 12.8 Å². The van der Waals surface area contributed by atoms with Crippen LogP contribution in [0.5, 0.6) is 0 Å². The molecule has 306 valence electrons. The Bertz CT molecular complexity index is 947. The molecule has 12 heteroatoms. The molecule has 1 amide bonds. The number of nitrogens with one attached hydrogen (secondary N) is 1. The number of carboxylic acid groups (broad SMARTS) is 1. The fourth-order valence-corrected chi connectivity index (χ4v) is 6.56. The maximum Gasteiger partial charge on any atom is 0.472 e. The molecule has 0 heterocycles. The molecule has 4 N–H and O–H groups in total. The molecule has 0 aromatic carbocycles. The minimum atomic E-state index is -4.75. The summed E-state index contributed by atoms with van der Waals surface area (Å²) in [5, 5.41) is 21.8. The number of aliphatic hydroxyl groups is 1. The molecule has 0 aliphatic carbocycles. The van der Waals surface area contributed by atoms with Crippen LogP contribution in [0.3, 0.4) is 0 Å². The molecular weight excluding hydrogens is 685 g/mol. The summed E-state index contributed by atoms with van der Waals surface area (Å²) in [6.45, 7) is 2.52. The number of unbranched alkanes of at least 4 members (excludes halogenated alkanes) is 23. The van der Waals surface area contributed by atoms with Gasteiger partial charge in [0.2, 0.25) is 5.91 Å². The predicted octanol–water partition coefficient (Wildman–Crippen LogP) is 10.1. The number of carboxylic acids is 1. The highest BCUT2D eigenvalue weighted by molar-refractivity contribution is 7.47. The zero-order chi connectivity index (χ0) is 38.5. The summed E-state index contributed by atoms with van der Waals surface area (Å²) >= 11 is 0. The molecule has 0 aromatic heterocycles. The van der Waals surface area contributed by atoms with Gasteiger partial charge >= 0.3 is 19.8 Å². The van der Waals surface area contributed by atoms with E-state index in [1.54, 1.807) is 0 Å². The van der Waals surface area contributed by atoms with Crippen LogP contribution in [0.4, 0.5) is 0 Å². The Hall–Kier alpha value is -1.78. The van der Waals surface area contributed by atoms with Crippen molar-refractivity contribution in [2.24, 2.45) is 0 Å². The number of aliphatic hydroxyl groups excluding tert-OH is 1. The first-order chi connectivity index (χ1) is 25.1. The van der Waals surface area contributed by atoms with Crippen LogP contribution in [0.15, 0.2) is 12.2 Å². The Morgan fingerprint density at radius 2 is 1.04 bits per heavy atom. The number of carbonyl (C=O) groups excluding carboxylic acids is 2. The third kappa shape index (κ3) is 35.3. The number of aliphatic carboxylic acids is 1. The van der Waals surface area contributed by atoms with Crippen LogP contribution in [-0.4, -0.2) is 64.9 Å². The molecule has 0 spiro atoms. The predicted molar refractivity (Wildman–Crippen MR) is 208 cm³/mol. The Morgan fingerprint density at radius 3 is 1.54 bits per heavy atom. The van der Waals surface area contributed by atoms with Gasteiger partial charge in [-0.25, -0.2) is 9.36 Å². The number of ether oxygens (including phenoxy) is 1. The van der Waals surface area contributed by atoms with Crippen molar-refractivity contribution in [3.05, 3.63) is 12.2 Å². The lowest BCUT2D eigenvalue weighted by atomic mass is 10.0. The van der Waals surface area contributed by atoms with Crippen LogP contribution in [0, 0.1) is 0 Å². The van der Waals surface area contributed by atoms with E-state index < -0.39 is 57.6 Å². The monoisotopic (exact) mass is 762 g/mol. The zero-order valence-electron chi connectivity index (χ0n) is 32.9. The summed E-state index contributed by atoms with van der Waals surface area (Å²) in [6, 6.07) is -1.54. The SMILES string of the molecule is CCC/C=C\CCCCCCCC(=O)OCC(O)COP(=O)(O)OCC(NC(=O)CCCCCCCCCCCCCCCCCCCC)C(=O)O. The highest BCUT2D eigenvalue weighted by Crippen LogP contribution is 2.43. The van der Waals surface area contributed by atoms with E-state index in [-0.39, 0.29) is 12.8 Å². The Morgan fingerprint density at radius 1 is 0.596 bits per heavy atom. The third-order valence-electron chi connectivity index (χ3n) is 9.04. The molecule has 3 atom stereocenters. The second-order valence-electron chi connectivity index (χ2n) is 14.2. The van der Waals surface area contributed by atoms with Crippen LogP contribution in [0.1, 0.15) is 194 Å². The highest BCUT2D eigenvalue weighted by Gasteiger charge is 2.28. The van der Waals surface area contributed by atoms with Gasteiger partial charge in [-0.15, -0.1) is 0 Å². The number of hydrogen-bond donors (Lipinski definition) is 4. The summed E-state index contributed by atoms with van der Waals surface area (Å²) in [6.07, 6.45) is 33.9. The average Bonchev–Trinajstić information content (AvgIpc) is 3.11. The van der Waals surface area contributed by atoms with E-state index in [0.29, 0.717) is 12.8 Å². The Kier molecular flexibility index (Phi) is 35.0. The van der Waals surface area contributed by atoms with Crippen molar-refractivity contribution in [1.82, 2.24) is 5.32 Å². The molecule has 0 saturated heterocycles. The number of carbonyl (C=O) groups is 3. The van der Waals surface area contributed by atoms with E-state index in [1.165, 1.54) is 89.9 Å². The maximum absolute atomic E-state index is 12.3. The van der Waals surface area contributed by atoms with Crippen LogP contribution < -0.4 is 5.32 Å². The Balaban J connectivity index is 3.89. The van der Waals surface area contributed by atoms with Gasteiger partial charge < -0.3 is 25.2 Å². The molecule has 3 unspecified atom stereocenters. The van der Waals surface area contributed by atoms with E-state index >= 15 is 0 Å². The number of amides is 1. The number of esters is 1. The number of phosphoric ester groups is 1. The van der Waals surface area contributed by atoms with E-state index in [2.05, 4.69) is 31.3 Å². The molecule has 0 radical (unpaired) electrons. The lowest BCUT2D eigenvalue weighted by Crippen LogP contribution is -2.43. The van der Waals surface area contributed by atoms with Gasteiger partial charge in [0.25, 0.3) is 0 Å². The summed E-state index contributed by atoms with van der Waals surface area (Å²) in [5.74, 6) is -2.37. The summed E-state index contributed by atoms with van der Waals surface area (Å²) in [4.78, 5) is 45.7. The molecule has 0 aliphatic rings. The van der Waals surface area contributed by atoms with E-state index in [0.717, 1.165) is 64.2 Å². The summed E-state index contributed by atoms with van der Waals surface area (Å²) in [5.41, 5.74) is 0. The standard InChI is InChI=1S/C40H76NO10P/c1-3-5-7-9-11-13-15-16-17-18-19-20-21-22-23-25-27-29-31-38(43)41-37(40(45)46)35-51-52(47,48)50-34-36(42)33-49-39(44)32-30-28-26-24-14-12-10-8-6-4-2/h8,10,36-37,42H,3-7,9,11-35H2,1-2H3,(H,41,43)(H,45,46)(H,47,48)/b10-8-. The molecule has 0 saturated carbocycles. The van der Waals surface area contributed by atoms with Crippen molar-refractivity contribution in [2.45, 2.75) is 206 Å². The van der Waals surface area contributed by atoms with E-state index in [4.69, 9.17) is 13.8 Å². The van der Waals surface area contributed by atoms with Crippen molar-refractivity contribution in [3.8, 4) is 0 Å². The average molecular weight is 762 g/mol. The van der Waals surface area contributed by atoms with Gasteiger partial charge in [0.1, 0.15) is 12.7 Å². The first kappa shape index (κ1) is 50.2. The summed E-state index contributed by atoms with van der Waals surface area (Å²) in [7, 11) is -4.75. The van der Waals surface area contributed by atoms with Crippen LogP contribution in [0.2, 0.25) is 0 Å². The van der Waals surface area contributed by atoms with Gasteiger partial charge in [0.05, 0.1) is 13.2 Å². The minimum Gasteiger partial charge on any atom is -0.480 e. The van der Waals surface area contributed by atoms with Crippen molar-refractivity contribution in [3.63, 3.8) is 0 Å². The van der Waals surface area contributed by atoms with Crippen LogP contribution in [0.25, 0.3) is 0 Å². The van der Waals surface area contributed by atoms with Crippen LogP contribution >= 0.6 is 7.82 Å². The second-order valence-corrected chi connectivity index (χ2v) is 15.6. The van der Waals surface area contributed by atoms with E-state index in [1.807, 2.05) is 0 Å². The molecule has 0 aliphatic heterocycles. The molecule has 0 fully saturated rings. The van der Waals surface area contributed by atoms with Gasteiger partial charge in [0.15, 0.2) is 6.04 Å². The molecular formula is C40H76NO10P. The largest absolute Gasteiger partial charge is 0.480 e. The Labute approximate surface area is 316 Å². The van der Waals surface area contributed by atoms with E-state index in [9.17, 15) is 34.1 Å². The normalized spacial score (nSPS) is 13.9. The van der Waals surface area contributed by atoms with Crippen molar-refractivity contribution in [1.29, 1.82) is 0 Å². The molecule has 0 bridgehead atoms. The van der Waals surface area contributed by atoms with Crippen molar-refractivity contribution in [2.75, 3.05) is 19.8 Å². The van der Waals surface area contributed by atoms with Gasteiger partial charge in [-0.2, -0.15) is 0 Å². The molecule has 52 heavy (non-hydrogen) atoms. The number of hydrogen-bond acceptors (Lipinski definition) is 8. The molecule has 0 aromatic rings. The molecule has 11 nitrogen and oxygen atoms in total. The number of phosphoric acid groups is 1. The lowest BCUT2D eigenvalue weighted by molar-refractivity contribution is -0.147. The summed E-state index contributed by atoms with van der Waals surface area (Å²) < 4.78 is 26.7. The smallest absolute Gasteiger partial charge is 0.472 e. The minimum absolute atomic E-state index is 0.151. The van der Waals surface area contributed by atoms with Gasteiger partial charge in [-0.1, -0.05) is 161 Å². The van der Waals surface area contributed by atoms with Crippen molar-refractivity contribution < 1.29 is 47.8 Å². The maximum atomic E-state index is 12.3. The van der Waals surface area contributed by atoms with Gasteiger partial charge in [-0.3, -0.25) is 18.6 Å². The quantitative estimate of drug-likeness (QED) is 0.0205. The first-order valence-corrected chi connectivity index (χ1v) is 22.2.